The largest absolute Gasteiger partial charge is 0.480 e. The zero-order chi connectivity index (χ0) is 9.94. The predicted octanol–water partition coefficient (Wildman–Crippen LogP) is -0.668. The lowest BCUT2D eigenvalue weighted by Crippen LogP contribution is -2.32. The number of carboxylic acid groups (broad SMARTS) is 1. The Kier molecular flexibility index (Phi) is 3.59. The second-order valence-electron chi connectivity index (χ2n) is 2.31. The predicted molar refractivity (Wildman–Crippen MR) is 47.7 cm³/mol. The molecule has 0 atom stereocenters. The molecule has 0 aliphatic heterocycles. The van der Waals surface area contributed by atoms with Crippen molar-refractivity contribution in [2.75, 3.05) is 19.8 Å². The molecule has 0 amide bonds. The molecule has 0 fully saturated rings. The fraction of sp³-hybridized carbons (Fsp3) is 0.600. The lowest BCUT2D eigenvalue weighted by molar-refractivity contribution is -0.134. The molecule has 70 valence electrons. The quantitative estimate of drug-likeness (QED) is 0.611. The molecule has 0 rings (SSSR count). The number of aliphatic carboxylic acids is 1. The SMILES string of the molecule is CN(C)C(=S)S(=O)(=O)CC(=O)O. The molecule has 0 spiro atoms. The molecular weight excluding hydrogens is 202 g/mol. The monoisotopic (exact) mass is 211 g/mol. The highest BCUT2D eigenvalue weighted by Gasteiger charge is 2.22. The molecule has 5 nitrogen and oxygen atoms in total. The van der Waals surface area contributed by atoms with Gasteiger partial charge in [0, 0.05) is 14.1 Å². The van der Waals surface area contributed by atoms with Gasteiger partial charge < -0.3 is 10.0 Å². The molecule has 0 unspecified atom stereocenters. The summed E-state index contributed by atoms with van der Waals surface area (Å²) < 4.78 is 21.7. The summed E-state index contributed by atoms with van der Waals surface area (Å²) in [5, 5.41) is 8.22. The van der Waals surface area contributed by atoms with E-state index in [1.807, 2.05) is 0 Å². The van der Waals surface area contributed by atoms with E-state index in [1.165, 1.54) is 19.0 Å². The molecule has 0 saturated heterocycles. The Balaban J connectivity index is 4.65. The first kappa shape index (κ1) is 11.3. The van der Waals surface area contributed by atoms with Crippen LogP contribution in [0.1, 0.15) is 0 Å². The Morgan fingerprint density at radius 2 is 1.92 bits per heavy atom. The third kappa shape index (κ3) is 3.14. The molecular formula is C5H9NO4S2. The molecule has 0 saturated carbocycles. The van der Waals surface area contributed by atoms with Crippen LogP contribution in [0, 0.1) is 0 Å². The maximum atomic E-state index is 11.0. The van der Waals surface area contributed by atoms with Crippen LogP contribution in [-0.2, 0) is 14.6 Å². The van der Waals surface area contributed by atoms with Crippen molar-refractivity contribution >= 4 is 32.3 Å². The maximum absolute atomic E-state index is 11.0. The minimum absolute atomic E-state index is 0.357. The van der Waals surface area contributed by atoms with Gasteiger partial charge in [-0.15, -0.1) is 0 Å². The molecule has 0 aromatic carbocycles. The van der Waals surface area contributed by atoms with Crippen molar-refractivity contribution in [1.82, 2.24) is 4.90 Å². The second kappa shape index (κ2) is 3.81. The highest BCUT2D eigenvalue weighted by Crippen LogP contribution is 1.97. The van der Waals surface area contributed by atoms with E-state index >= 15 is 0 Å². The number of rotatable bonds is 2. The number of carbonyl (C=O) groups is 1. The van der Waals surface area contributed by atoms with Gasteiger partial charge in [-0.1, -0.05) is 0 Å². The van der Waals surface area contributed by atoms with E-state index in [-0.39, 0.29) is 4.32 Å². The van der Waals surface area contributed by atoms with Gasteiger partial charge >= 0.3 is 5.97 Å². The summed E-state index contributed by atoms with van der Waals surface area (Å²) in [4.78, 5) is 11.3. The third-order valence-corrected chi connectivity index (χ3v) is 3.60. The zero-order valence-corrected chi connectivity index (χ0v) is 8.28. The van der Waals surface area contributed by atoms with E-state index in [4.69, 9.17) is 5.11 Å². The normalized spacial score (nSPS) is 10.8. The van der Waals surface area contributed by atoms with Crippen LogP contribution in [0.2, 0.25) is 0 Å². The molecule has 0 bridgehead atoms. The van der Waals surface area contributed by atoms with Crippen LogP contribution in [0.4, 0.5) is 0 Å². The molecule has 0 radical (unpaired) electrons. The van der Waals surface area contributed by atoms with E-state index in [2.05, 4.69) is 12.2 Å². The first-order chi connectivity index (χ1) is 5.27. The first-order valence-corrected chi connectivity index (χ1v) is 4.99. The summed E-state index contributed by atoms with van der Waals surface area (Å²) in [5.41, 5.74) is 0. The van der Waals surface area contributed by atoms with Crippen molar-refractivity contribution in [3.05, 3.63) is 0 Å². The van der Waals surface area contributed by atoms with Crippen LogP contribution in [0.15, 0.2) is 0 Å². The van der Waals surface area contributed by atoms with Crippen LogP contribution in [0.25, 0.3) is 0 Å². The van der Waals surface area contributed by atoms with Gasteiger partial charge in [-0.3, -0.25) is 4.79 Å². The summed E-state index contributed by atoms with van der Waals surface area (Å²) >= 11 is 4.51. The number of hydrogen-bond acceptors (Lipinski definition) is 4. The van der Waals surface area contributed by atoms with Gasteiger partial charge in [0.2, 0.25) is 9.84 Å². The van der Waals surface area contributed by atoms with Crippen molar-refractivity contribution in [3.63, 3.8) is 0 Å². The molecule has 7 heteroatoms. The van der Waals surface area contributed by atoms with E-state index in [9.17, 15) is 13.2 Å². The number of nitrogens with zero attached hydrogens (tertiary/aromatic N) is 1. The van der Waals surface area contributed by atoms with Crippen molar-refractivity contribution in [1.29, 1.82) is 0 Å². The molecule has 0 aromatic heterocycles. The van der Waals surface area contributed by atoms with E-state index in [0.29, 0.717) is 0 Å². The first-order valence-electron chi connectivity index (χ1n) is 2.93. The molecule has 1 N–H and O–H groups in total. The highest BCUT2D eigenvalue weighted by atomic mass is 32.2. The summed E-state index contributed by atoms with van der Waals surface area (Å²) in [6.45, 7) is 0. The average molecular weight is 211 g/mol. The van der Waals surface area contributed by atoms with Crippen LogP contribution in [0.3, 0.4) is 0 Å². The summed E-state index contributed by atoms with van der Waals surface area (Å²) in [7, 11) is -0.909. The number of sulfone groups is 1. The lowest BCUT2D eigenvalue weighted by Gasteiger charge is -2.11. The second-order valence-corrected chi connectivity index (χ2v) is 4.86. The standard InChI is InChI=1S/C5H9NO4S2/c1-6(2)5(11)12(9,10)3-4(7)8/h3H2,1-2H3,(H,7,8). The summed E-state index contributed by atoms with van der Waals surface area (Å²) in [6.07, 6.45) is 0. The third-order valence-electron chi connectivity index (χ3n) is 0.945. The van der Waals surface area contributed by atoms with E-state index < -0.39 is 21.6 Å². The van der Waals surface area contributed by atoms with Gasteiger partial charge in [0.05, 0.1) is 0 Å². The fourth-order valence-corrected chi connectivity index (χ4v) is 1.68. The van der Waals surface area contributed by atoms with E-state index in [0.717, 1.165) is 0 Å². The highest BCUT2D eigenvalue weighted by molar-refractivity contribution is 8.17. The van der Waals surface area contributed by atoms with Crippen LogP contribution < -0.4 is 0 Å². The summed E-state index contributed by atoms with van der Waals surface area (Å²) in [5.74, 6) is -2.36. The van der Waals surface area contributed by atoms with Gasteiger partial charge in [0.25, 0.3) is 0 Å². The molecule has 12 heavy (non-hydrogen) atoms. The van der Waals surface area contributed by atoms with E-state index in [1.54, 1.807) is 0 Å². The maximum Gasteiger partial charge on any atom is 0.319 e. The Labute approximate surface area is 75.9 Å². The van der Waals surface area contributed by atoms with Gasteiger partial charge in [-0.05, 0) is 12.2 Å². The fourth-order valence-electron chi connectivity index (χ4n) is 0.502. The molecule has 0 aliphatic rings. The van der Waals surface area contributed by atoms with Gasteiger partial charge in [0.1, 0.15) is 0 Å². The minimum Gasteiger partial charge on any atom is -0.480 e. The van der Waals surface area contributed by atoms with Crippen molar-refractivity contribution in [3.8, 4) is 0 Å². The van der Waals surface area contributed by atoms with Crippen molar-refractivity contribution in [2.45, 2.75) is 0 Å². The smallest absolute Gasteiger partial charge is 0.319 e. The Morgan fingerprint density at radius 1 is 1.50 bits per heavy atom. The van der Waals surface area contributed by atoms with Gasteiger partial charge in [-0.2, -0.15) is 0 Å². The number of hydrogen-bond donors (Lipinski definition) is 1. The Bertz CT molecular complexity index is 293. The van der Waals surface area contributed by atoms with Crippen molar-refractivity contribution < 1.29 is 18.3 Å². The number of carboxylic acids is 1. The Hall–Kier alpha value is -0.690. The van der Waals surface area contributed by atoms with Crippen LogP contribution >= 0.6 is 12.2 Å². The topological polar surface area (TPSA) is 74.7 Å². The molecule has 0 aliphatic carbocycles. The summed E-state index contributed by atoms with van der Waals surface area (Å²) in [6, 6.07) is 0. The van der Waals surface area contributed by atoms with Crippen LogP contribution in [-0.4, -0.2) is 48.6 Å². The van der Waals surface area contributed by atoms with Gasteiger partial charge in [0.15, 0.2) is 10.1 Å². The van der Waals surface area contributed by atoms with Crippen molar-refractivity contribution in [2.24, 2.45) is 0 Å². The average Bonchev–Trinajstić information content (AvgIpc) is 1.82. The Morgan fingerprint density at radius 3 is 2.17 bits per heavy atom. The zero-order valence-electron chi connectivity index (χ0n) is 6.64. The van der Waals surface area contributed by atoms with Gasteiger partial charge in [-0.25, -0.2) is 8.42 Å². The van der Waals surface area contributed by atoms with Crippen LogP contribution in [0.5, 0.6) is 0 Å². The minimum atomic E-state index is -3.80. The lowest BCUT2D eigenvalue weighted by atomic mass is 10.8. The molecule has 0 heterocycles. The number of thiocarbonyl (C=S) groups is 1. The molecule has 0 aromatic rings.